The summed E-state index contributed by atoms with van der Waals surface area (Å²) in [6.45, 7) is 2.15. The highest BCUT2D eigenvalue weighted by atomic mass is 35.5. The van der Waals surface area contributed by atoms with E-state index < -0.39 is 54.1 Å². The highest BCUT2D eigenvalue weighted by Crippen LogP contribution is 2.48. The Morgan fingerprint density at radius 1 is 0.850 bits per heavy atom. The molecule has 2 aliphatic rings. The smallest absolute Gasteiger partial charge is 0.422 e. The van der Waals surface area contributed by atoms with Crippen molar-refractivity contribution in [3.63, 3.8) is 0 Å². The zero-order chi connectivity index (χ0) is 43.0. The van der Waals surface area contributed by atoms with Gasteiger partial charge >= 0.3 is 30.0 Å². The Hall–Kier alpha value is -6.70. The zero-order valence-corrected chi connectivity index (χ0v) is 32.8. The van der Waals surface area contributed by atoms with Crippen molar-refractivity contribution in [1.29, 1.82) is 0 Å². The minimum atomic E-state index is -4.65. The maximum atomic E-state index is 13.0. The summed E-state index contributed by atoms with van der Waals surface area (Å²) in [5.41, 5.74) is 1.95. The summed E-state index contributed by atoms with van der Waals surface area (Å²) < 4.78 is 43.7. The van der Waals surface area contributed by atoms with Crippen LogP contribution in [-0.2, 0) is 24.7 Å². The number of carbonyl (C=O) groups is 5. The van der Waals surface area contributed by atoms with E-state index in [1.807, 2.05) is 12.1 Å². The minimum absolute atomic E-state index is 0.0231. The van der Waals surface area contributed by atoms with Crippen LogP contribution in [0.2, 0.25) is 5.02 Å². The van der Waals surface area contributed by atoms with Crippen LogP contribution < -0.4 is 36.2 Å². The van der Waals surface area contributed by atoms with Crippen LogP contribution >= 0.6 is 11.6 Å². The Balaban J connectivity index is 0.999. The number of alkyl halides is 3. The molecule has 4 aromatic rings. The van der Waals surface area contributed by atoms with Crippen LogP contribution in [-0.4, -0.2) is 106 Å². The molecule has 6 N–H and O–H groups in total. The number of amides is 4. The van der Waals surface area contributed by atoms with Crippen molar-refractivity contribution in [3.8, 4) is 6.01 Å². The van der Waals surface area contributed by atoms with Crippen molar-refractivity contribution in [2.75, 3.05) is 60.2 Å². The molecule has 1 atom stereocenters. The fraction of sp³-hybridized carbons (Fsp3) is 0.333. The number of carboxylic acid groups (broad SMARTS) is 1. The van der Waals surface area contributed by atoms with Crippen molar-refractivity contribution in [1.82, 2.24) is 30.5 Å². The second kappa shape index (κ2) is 18.5. The van der Waals surface area contributed by atoms with E-state index in [4.69, 9.17) is 16.3 Å². The molecule has 2 fully saturated rings. The molecule has 21 heteroatoms. The lowest BCUT2D eigenvalue weighted by Gasteiger charge is -2.35. The summed E-state index contributed by atoms with van der Waals surface area (Å²) in [7, 11) is 0. The van der Waals surface area contributed by atoms with Gasteiger partial charge in [-0.3, -0.25) is 19.2 Å². The molecule has 1 aliphatic carbocycles. The molecule has 4 amide bonds. The van der Waals surface area contributed by atoms with Gasteiger partial charge in [-0.25, -0.2) is 4.79 Å². The number of carbonyl (C=O) groups excluding carboxylic acids is 4. The number of piperazine rings is 1. The first-order valence-electron chi connectivity index (χ1n) is 18.7. The number of hydrogen-bond acceptors (Lipinski definition) is 12. The molecule has 6 rings (SSSR count). The van der Waals surface area contributed by atoms with Crippen LogP contribution in [0.15, 0.2) is 72.8 Å². The second-order valence-corrected chi connectivity index (χ2v) is 14.4. The monoisotopic (exact) mass is 852 g/mol. The maximum absolute atomic E-state index is 13.0. The highest BCUT2D eigenvalue weighted by Gasteiger charge is 2.45. The number of hydrogen-bond donors (Lipinski definition) is 6. The van der Waals surface area contributed by atoms with Crippen LogP contribution in [0.5, 0.6) is 6.01 Å². The normalized spacial score (nSPS) is 14.9. The number of ether oxygens (including phenoxy) is 1. The number of carboxylic acids is 1. The number of rotatable bonds is 15. The number of anilines is 5. The molecular formula is C39H40ClF3N10O7. The van der Waals surface area contributed by atoms with Crippen molar-refractivity contribution < 1.29 is 47.0 Å². The van der Waals surface area contributed by atoms with Crippen LogP contribution in [0.1, 0.15) is 42.1 Å². The Labute approximate surface area is 346 Å². The molecule has 2 heterocycles. The lowest BCUT2D eigenvalue weighted by atomic mass is 10.1. The molecule has 0 bridgehead atoms. The number of aliphatic carboxylic acids is 1. The molecule has 1 aromatic heterocycles. The van der Waals surface area contributed by atoms with E-state index >= 15 is 0 Å². The molecular weight excluding hydrogens is 813 g/mol. The van der Waals surface area contributed by atoms with E-state index in [-0.39, 0.29) is 36.3 Å². The summed E-state index contributed by atoms with van der Waals surface area (Å²) in [5, 5.41) is 23.5. The summed E-state index contributed by atoms with van der Waals surface area (Å²) in [4.78, 5) is 77.7. The van der Waals surface area contributed by atoms with Gasteiger partial charge in [0.2, 0.25) is 17.8 Å². The van der Waals surface area contributed by atoms with E-state index in [0.717, 1.165) is 11.3 Å². The third kappa shape index (κ3) is 11.7. The van der Waals surface area contributed by atoms with Gasteiger partial charge in [-0.05, 0) is 85.5 Å². The Morgan fingerprint density at radius 2 is 1.48 bits per heavy atom. The Morgan fingerprint density at radius 3 is 2.08 bits per heavy atom. The molecule has 1 aliphatic heterocycles. The predicted octanol–water partition coefficient (Wildman–Crippen LogP) is 4.31. The number of halogens is 4. The average Bonchev–Trinajstić information content (AvgIpc) is 4.00. The number of nitrogens with zero attached hydrogens (tertiary/aromatic N) is 5. The zero-order valence-electron chi connectivity index (χ0n) is 32.0. The van der Waals surface area contributed by atoms with Crippen LogP contribution in [0.3, 0.4) is 0 Å². The average molecular weight is 853 g/mol. The molecule has 0 spiro atoms. The van der Waals surface area contributed by atoms with Crippen molar-refractivity contribution >= 4 is 70.2 Å². The molecule has 1 saturated heterocycles. The Bertz CT molecular complexity index is 2200. The minimum Gasteiger partial charge on any atom is -0.480 e. The van der Waals surface area contributed by atoms with Crippen molar-refractivity contribution in [2.24, 2.45) is 0 Å². The highest BCUT2D eigenvalue weighted by molar-refractivity contribution is 6.39. The summed E-state index contributed by atoms with van der Waals surface area (Å²) in [5.74, 6) is -4.30. The fourth-order valence-corrected chi connectivity index (χ4v) is 6.37. The standard InChI is InChI=1S/C39H40ClF3N10O7/c1-23(54)52-18-20-53(21-19-52)29-12-10-27(11-13-29)45-33(57)32(56)44-17-14-30(34(58)59)47-31(55)24-2-8-28(9-3-24)46-35-48-36(50-37(49-35)60-22-39(41,42)43)51-38(15-16-38)25-4-6-26(40)7-5-25/h2-13,30H,14-22H2,1H3,(H,44,56)(H,45,57)(H,47,55)(H,58,59)(H2,46,48,49,50,51). The molecule has 316 valence electrons. The van der Waals surface area contributed by atoms with E-state index in [2.05, 4.69) is 46.4 Å². The Kier molecular flexibility index (Phi) is 13.2. The first-order valence-corrected chi connectivity index (χ1v) is 19.0. The van der Waals surface area contributed by atoms with E-state index in [1.54, 1.807) is 41.3 Å². The van der Waals surface area contributed by atoms with Gasteiger partial charge in [0, 0.05) is 67.3 Å². The predicted molar refractivity (Wildman–Crippen MR) is 213 cm³/mol. The number of nitrogens with one attached hydrogen (secondary N) is 5. The lowest BCUT2D eigenvalue weighted by molar-refractivity contribution is -0.154. The van der Waals surface area contributed by atoms with Crippen LogP contribution in [0.4, 0.5) is 42.1 Å². The first-order chi connectivity index (χ1) is 28.6. The fourth-order valence-electron chi connectivity index (χ4n) is 6.24. The summed E-state index contributed by atoms with van der Waals surface area (Å²) >= 11 is 6.03. The van der Waals surface area contributed by atoms with Gasteiger partial charge in [-0.15, -0.1) is 0 Å². The van der Waals surface area contributed by atoms with Gasteiger partial charge in [-0.2, -0.15) is 28.1 Å². The number of benzene rings is 3. The SMILES string of the molecule is CC(=O)N1CCN(c2ccc(NC(=O)C(=O)NCCC(NC(=O)c3ccc(Nc4nc(NC5(c6ccc(Cl)cc6)CC5)nc(OCC(F)(F)F)n4)cc3)C(=O)O)cc2)CC1. The van der Waals surface area contributed by atoms with Gasteiger partial charge in [-0.1, -0.05) is 23.7 Å². The largest absolute Gasteiger partial charge is 0.480 e. The van der Waals surface area contributed by atoms with Gasteiger partial charge in [0.25, 0.3) is 5.91 Å². The van der Waals surface area contributed by atoms with Crippen LogP contribution in [0, 0.1) is 0 Å². The van der Waals surface area contributed by atoms with E-state index in [1.165, 1.54) is 31.2 Å². The molecule has 17 nitrogen and oxygen atoms in total. The molecule has 1 saturated carbocycles. The lowest BCUT2D eigenvalue weighted by Crippen LogP contribution is -2.48. The number of aromatic nitrogens is 3. The quantitative estimate of drug-likeness (QED) is 0.0920. The van der Waals surface area contributed by atoms with Gasteiger partial charge in [0.05, 0.1) is 5.54 Å². The first kappa shape index (κ1) is 42.9. The second-order valence-electron chi connectivity index (χ2n) is 14.0. The van der Waals surface area contributed by atoms with Gasteiger partial charge in [0.1, 0.15) is 6.04 Å². The summed E-state index contributed by atoms with van der Waals surface area (Å²) in [6, 6.07) is 17.5. The third-order valence-corrected chi connectivity index (χ3v) is 9.88. The molecule has 0 radical (unpaired) electrons. The van der Waals surface area contributed by atoms with Gasteiger partial charge < -0.3 is 46.2 Å². The summed E-state index contributed by atoms with van der Waals surface area (Å²) in [6.07, 6.45) is -3.51. The van der Waals surface area contributed by atoms with E-state index in [9.17, 15) is 42.3 Å². The van der Waals surface area contributed by atoms with Gasteiger partial charge in [0.15, 0.2) is 6.61 Å². The molecule has 60 heavy (non-hydrogen) atoms. The topological polar surface area (TPSA) is 220 Å². The van der Waals surface area contributed by atoms with E-state index in [0.29, 0.717) is 55.4 Å². The third-order valence-electron chi connectivity index (χ3n) is 9.62. The van der Waals surface area contributed by atoms with Crippen molar-refractivity contribution in [3.05, 3.63) is 88.9 Å². The van der Waals surface area contributed by atoms with Crippen LogP contribution in [0.25, 0.3) is 0 Å². The van der Waals surface area contributed by atoms with Crippen molar-refractivity contribution in [2.45, 2.75) is 43.9 Å². The molecule has 1 unspecified atom stereocenters. The molecule has 3 aromatic carbocycles. The maximum Gasteiger partial charge on any atom is 0.422 e.